The molecule has 0 bridgehead atoms. The summed E-state index contributed by atoms with van der Waals surface area (Å²) in [6, 6.07) is 7.23. The van der Waals surface area contributed by atoms with Crippen molar-refractivity contribution in [2.45, 2.75) is 32.6 Å². The molecule has 0 radical (unpaired) electrons. The quantitative estimate of drug-likeness (QED) is 0.858. The number of carbonyl (C=O) groups is 1. The van der Waals surface area contributed by atoms with Gasteiger partial charge in [0, 0.05) is 36.5 Å². The predicted molar refractivity (Wildman–Crippen MR) is 88.0 cm³/mol. The maximum absolute atomic E-state index is 12.3. The lowest BCUT2D eigenvalue weighted by molar-refractivity contribution is -0.132. The smallest absolute Gasteiger partial charge is 0.247 e. The van der Waals surface area contributed by atoms with E-state index in [0.29, 0.717) is 35.6 Å². The van der Waals surface area contributed by atoms with Gasteiger partial charge in [-0.15, -0.1) is 10.2 Å². The minimum atomic E-state index is 0.169. The molecule has 2 heterocycles. The maximum Gasteiger partial charge on any atom is 0.247 e. The fraction of sp³-hybridized carbons (Fsp3) is 0.471. The number of aromatic nitrogens is 2. The van der Waals surface area contributed by atoms with E-state index in [4.69, 9.17) is 16.0 Å². The molecule has 1 aliphatic rings. The second-order valence-electron chi connectivity index (χ2n) is 6.10. The molecule has 1 unspecified atom stereocenters. The van der Waals surface area contributed by atoms with Crippen LogP contribution in [0.3, 0.4) is 0 Å². The Labute approximate surface area is 140 Å². The van der Waals surface area contributed by atoms with Crippen molar-refractivity contribution >= 4 is 17.5 Å². The molecule has 5 nitrogen and oxygen atoms in total. The van der Waals surface area contributed by atoms with Crippen molar-refractivity contribution in [3.05, 3.63) is 35.2 Å². The molecule has 1 aromatic carbocycles. The summed E-state index contributed by atoms with van der Waals surface area (Å²) in [4.78, 5) is 14.2. The minimum Gasteiger partial charge on any atom is -0.421 e. The number of nitrogens with zero attached hydrogens (tertiary/aromatic N) is 3. The number of rotatable bonds is 4. The van der Waals surface area contributed by atoms with E-state index in [9.17, 15) is 4.79 Å². The molecule has 2 aromatic rings. The number of benzene rings is 1. The fourth-order valence-corrected chi connectivity index (χ4v) is 2.98. The summed E-state index contributed by atoms with van der Waals surface area (Å²) < 4.78 is 5.63. The summed E-state index contributed by atoms with van der Waals surface area (Å²) in [6.45, 7) is 3.91. The van der Waals surface area contributed by atoms with Crippen molar-refractivity contribution in [3.8, 4) is 11.5 Å². The lowest BCUT2D eigenvalue weighted by Gasteiger charge is -2.30. The van der Waals surface area contributed by atoms with Crippen molar-refractivity contribution in [3.63, 3.8) is 0 Å². The first-order valence-corrected chi connectivity index (χ1v) is 8.35. The highest BCUT2D eigenvalue weighted by molar-refractivity contribution is 6.30. The topological polar surface area (TPSA) is 59.2 Å². The Hall–Kier alpha value is -1.88. The van der Waals surface area contributed by atoms with Gasteiger partial charge in [-0.2, -0.15) is 0 Å². The Morgan fingerprint density at radius 2 is 2.13 bits per heavy atom. The van der Waals surface area contributed by atoms with Gasteiger partial charge in [0.1, 0.15) is 0 Å². The Kier molecular flexibility index (Phi) is 4.96. The number of amides is 1. The van der Waals surface area contributed by atoms with E-state index in [0.717, 1.165) is 25.1 Å². The molecule has 1 atom stereocenters. The molecular weight excluding hydrogens is 314 g/mol. The van der Waals surface area contributed by atoms with Crippen LogP contribution in [0.1, 0.15) is 32.1 Å². The second kappa shape index (κ2) is 7.13. The highest BCUT2D eigenvalue weighted by Gasteiger charge is 2.21. The molecule has 6 heteroatoms. The highest BCUT2D eigenvalue weighted by atomic mass is 35.5. The van der Waals surface area contributed by atoms with Crippen LogP contribution < -0.4 is 0 Å². The van der Waals surface area contributed by atoms with Gasteiger partial charge in [0.05, 0.1) is 0 Å². The standard InChI is InChI=1S/C17H20ClN3O2/c1-12-3-2-10-21(11-12)16(22)9-8-15-19-20-17(23-15)13-4-6-14(18)7-5-13/h4-7,12H,2-3,8-11H2,1H3. The van der Waals surface area contributed by atoms with Crippen LogP contribution in [0.5, 0.6) is 0 Å². The zero-order valence-electron chi connectivity index (χ0n) is 13.2. The molecule has 0 saturated carbocycles. The fourth-order valence-electron chi connectivity index (χ4n) is 2.85. The Bertz CT molecular complexity index is 669. The van der Waals surface area contributed by atoms with E-state index in [1.165, 1.54) is 6.42 Å². The summed E-state index contributed by atoms with van der Waals surface area (Å²) >= 11 is 5.86. The van der Waals surface area contributed by atoms with Crippen molar-refractivity contribution in [1.29, 1.82) is 0 Å². The van der Waals surface area contributed by atoms with Crippen LogP contribution in [0.15, 0.2) is 28.7 Å². The van der Waals surface area contributed by atoms with E-state index < -0.39 is 0 Å². The molecule has 0 aliphatic carbocycles. The van der Waals surface area contributed by atoms with Gasteiger partial charge in [-0.3, -0.25) is 4.79 Å². The summed E-state index contributed by atoms with van der Waals surface area (Å²) in [5.74, 6) is 1.71. The molecule has 1 saturated heterocycles. The molecule has 3 rings (SSSR count). The Morgan fingerprint density at radius 3 is 2.87 bits per heavy atom. The van der Waals surface area contributed by atoms with Crippen LogP contribution in [0.25, 0.3) is 11.5 Å². The molecular formula is C17H20ClN3O2. The SMILES string of the molecule is CC1CCCN(C(=O)CCc2nnc(-c3ccc(Cl)cc3)o2)C1. The van der Waals surface area contributed by atoms with Crippen molar-refractivity contribution in [2.24, 2.45) is 5.92 Å². The molecule has 1 amide bonds. The number of hydrogen-bond acceptors (Lipinski definition) is 4. The average molecular weight is 334 g/mol. The Balaban J connectivity index is 1.56. The van der Waals surface area contributed by atoms with Crippen molar-refractivity contribution < 1.29 is 9.21 Å². The van der Waals surface area contributed by atoms with Gasteiger partial charge in [0.15, 0.2) is 0 Å². The van der Waals surface area contributed by atoms with Crippen molar-refractivity contribution in [2.75, 3.05) is 13.1 Å². The van der Waals surface area contributed by atoms with Crippen LogP contribution >= 0.6 is 11.6 Å². The third-order valence-corrected chi connectivity index (χ3v) is 4.37. The average Bonchev–Trinajstić information content (AvgIpc) is 3.02. The van der Waals surface area contributed by atoms with Crippen LogP contribution in [0.2, 0.25) is 5.02 Å². The van der Waals surface area contributed by atoms with E-state index in [-0.39, 0.29) is 5.91 Å². The number of piperidine rings is 1. The van der Waals surface area contributed by atoms with Crippen molar-refractivity contribution in [1.82, 2.24) is 15.1 Å². The summed E-state index contributed by atoms with van der Waals surface area (Å²) in [5.41, 5.74) is 0.823. The molecule has 23 heavy (non-hydrogen) atoms. The lowest BCUT2D eigenvalue weighted by Crippen LogP contribution is -2.39. The van der Waals surface area contributed by atoms with Crippen LogP contribution in [-0.2, 0) is 11.2 Å². The monoisotopic (exact) mass is 333 g/mol. The van der Waals surface area contributed by atoms with Crippen LogP contribution in [-0.4, -0.2) is 34.1 Å². The first-order valence-electron chi connectivity index (χ1n) is 7.98. The third kappa shape index (κ3) is 4.10. The van der Waals surface area contributed by atoms with Gasteiger partial charge in [0.2, 0.25) is 17.7 Å². The maximum atomic E-state index is 12.3. The molecule has 1 aromatic heterocycles. The van der Waals surface area contributed by atoms with E-state index in [1.807, 2.05) is 17.0 Å². The van der Waals surface area contributed by atoms with E-state index >= 15 is 0 Å². The summed E-state index contributed by atoms with van der Waals surface area (Å²) in [6.07, 6.45) is 3.19. The first-order chi connectivity index (χ1) is 11.1. The number of likely N-dealkylation sites (tertiary alicyclic amines) is 1. The molecule has 1 aliphatic heterocycles. The zero-order valence-corrected chi connectivity index (χ0v) is 13.9. The Morgan fingerprint density at radius 1 is 1.35 bits per heavy atom. The number of aryl methyl sites for hydroxylation is 1. The molecule has 0 N–H and O–H groups in total. The van der Waals surface area contributed by atoms with E-state index in [2.05, 4.69) is 17.1 Å². The highest BCUT2D eigenvalue weighted by Crippen LogP contribution is 2.21. The predicted octanol–water partition coefficient (Wildman–Crippen LogP) is 3.58. The molecule has 122 valence electrons. The van der Waals surface area contributed by atoms with Gasteiger partial charge in [-0.05, 0) is 43.0 Å². The van der Waals surface area contributed by atoms with Gasteiger partial charge in [-0.25, -0.2) is 0 Å². The van der Waals surface area contributed by atoms with Crippen LogP contribution in [0, 0.1) is 5.92 Å². The number of halogens is 1. The summed E-state index contributed by atoms with van der Waals surface area (Å²) in [7, 11) is 0. The second-order valence-corrected chi connectivity index (χ2v) is 6.53. The first kappa shape index (κ1) is 16.0. The minimum absolute atomic E-state index is 0.169. The van der Waals surface area contributed by atoms with Gasteiger partial charge < -0.3 is 9.32 Å². The number of carbonyl (C=O) groups excluding carboxylic acids is 1. The molecule has 1 fully saturated rings. The molecule has 0 spiro atoms. The van der Waals surface area contributed by atoms with Gasteiger partial charge in [-0.1, -0.05) is 18.5 Å². The van der Waals surface area contributed by atoms with E-state index in [1.54, 1.807) is 12.1 Å². The normalized spacial score (nSPS) is 18.2. The van der Waals surface area contributed by atoms with Gasteiger partial charge >= 0.3 is 0 Å². The zero-order chi connectivity index (χ0) is 16.2. The lowest BCUT2D eigenvalue weighted by atomic mass is 10.00. The summed E-state index contributed by atoms with van der Waals surface area (Å²) in [5, 5.41) is 8.72. The van der Waals surface area contributed by atoms with Crippen LogP contribution in [0.4, 0.5) is 0 Å². The number of hydrogen-bond donors (Lipinski definition) is 0. The van der Waals surface area contributed by atoms with Gasteiger partial charge in [0.25, 0.3) is 0 Å². The largest absolute Gasteiger partial charge is 0.421 e. The third-order valence-electron chi connectivity index (χ3n) is 4.12.